The van der Waals surface area contributed by atoms with E-state index in [-0.39, 0.29) is 45.5 Å². The number of carbonyl (C=O) groups excluding carboxylic acids is 1. The van der Waals surface area contributed by atoms with E-state index in [2.05, 4.69) is 0 Å². The third kappa shape index (κ3) is 11.4. The minimum absolute atomic E-state index is 0.0649. The van der Waals surface area contributed by atoms with E-state index in [4.69, 9.17) is 20.1 Å². The largest absolute Gasteiger partial charge is 0.481 e. The number of carboxylic acids is 3. The van der Waals surface area contributed by atoms with E-state index in [1.807, 2.05) is 37.8 Å². The Balaban J connectivity index is 2.70. The lowest BCUT2D eigenvalue weighted by atomic mass is 10.00. The number of benzene rings is 1. The van der Waals surface area contributed by atoms with Crippen molar-refractivity contribution in [3.63, 3.8) is 0 Å². The van der Waals surface area contributed by atoms with Crippen LogP contribution < -0.4 is 0 Å². The fourth-order valence-electron chi connectivity index (χ4n) is 3.56. The van der Waals surface area contributed by atoms with Crippen LogP contribution in [0, 0.1) is 20.8 Å². The van der Waals surface area contributed by atoms with Gasteiger partial charge in [-0.05, 0) is 31.9 Å². The number of nitrogens with zero attached hydrogens (tertiary/aromatic N) is 2. The Kier molecular flexibility index (Phi) is 12.1. The summed E-state index contributed by atoms with van der Waals surface area (Å²) in [4.78, 5) is 48.9. The number of carbonyl (C=O) groups is 4. The quantitative estimate of drug-likeness (QED) is 0.308. The third-order valence-electron chi connectivity index (χ3n) is 5.18. The lowest BCUT2D eigenvalue weighted by Crippen LogP contribution is -2.39. The molecule has 0 fully saturated rings. The van der Waals surface area contributed by atoms with Crippen LogP contribution in [0.25, 0.3) is 0 Å². The molecule has 0 aliphatic heterocycles. The molecule has 3 N–H and O–H groups in total. The van der Waals surface area contributed by atoms with E-state index in [1.54, 1.807) is 4.90 Å². The van der Waals surface area contributed by atoms with Gasteiger partial charge in [-0.2, -0.15) is 0 Å². The van der Waals surface area contributed by atoms with Crippen LogP contribution >= 0.6 is 0 Å². The van der Waals surface area contributed by atoms with Gasteiger partial charge in [0.1, 0.15) is 6.61 Å². The lowest BCUT2D eigenvalue weighted by molar-refractivity contribution is -0.139. The summed E-state index contributed by atoms with van der Waals surface area (Å²) in [7, 11) is 0. The van der Waals surface area contributed by atoms with Crippen molar-refractivity contribution in [1.29, 1.82) is 0 Å². The number of hydrogen-bond acceptors (Lipinski definition) is 7. The van der Waals surface area contributed by atoms with Crippen LogP contribution in [-0.4, -0.2) is 94.9 Å². The molecule has 0 radical (unpaired) electrons. The van der Waals surface area contributed by atoms with E-state index >= 15 is 0 Å². The first kappa shape index (κ1) is 28.1. The van der Waals surface area contributed by atoms with E-state index in [1.165, 1.54) is 0 Å². The smallest absolute Gasteiger partial charge is 0.338 e. The van der Waals surface area contributed by atoms with Crippen molar-refractivity contribution < 1.29 is 39.2 Å². The third-order valence-corrected chi connectivity index (χ3v) is 5.18. The highest BCUT2D eigenvalue weighted by molar-refractivity contribution is 5.92. The maximum absolute atomic E-state index is 12.6. The number of aliphatic carboxylic acids is 3. The van der Waals surface area contributed by atoms with Gasteiger partial charge >= 0.3 is 23.9 Å². The van der Waals surface area contributed by atoms with Crippen molar-refractivity contribution in [3.05, 3.63) is 34.4 Å². The van der Waals surface area contributed by atoms with Gasteiger partial charge < -0.3 is 25.0 Å². The minimum atomic E-state index is -0.980. The van der Waals surface area contributed by atoms with Crippen LogP contribution in [0.4, 0.5) is 0 Å². The average molecular weight is 467 g/mol. The molecule has 1 aromatic carbocycles. The summed E-state index contributed by atoms with van der Waals surface area (Å²) in [5, 5.41) is 26.8. The molecule has 10 nitrogen and oxygen atoms in total. The molecule has 0 amide bonds. The van der Waals surface area contributed by atoms with Crippen LogP contribution in [0.1, 0.15) is 46.3 Å². The molecule has 0 spiro atoms. The number of hydrogen-bond donors (Lipinski definition) is 3. The molecule has 0 saturated carbocycles. The van der Waals surface area contributed by atoms with E-state index in [0.717, 1.165) is 16.7 Å². The molecule has 0 aromatic heterocycles. The Morgan fingerprint density at radius 1 is 0.697 bits per heavy atom. The van der Waals surface area contributed by atoms with Crippen LogP contribution in [0.2, 0.25) is 0 Å². The number of aryl methyl sites for hydroxylation is 3. The van der Waals surface area contributed by atoms with Gasteiger partial charge in [0.25, 0.3) is 0 Å². The summed E-state index contributed by atoms with van der Waals surface area (Å²) in [5.74, 6) is -3.36. The molecule has 1 rings (SSSR count). The number of rotatable bonds is 16. The molecule has 0 heterocycles. The highest BCUT2D eigenvalue weighted by Crippen LogP contribution is 2.17. The molecule has 33 heavy (non-hydrogen) atoms. The van der Waals surface area contributed by atoms with Crippen molar-refractivity contribution in [3.8, 4) is 0 Å². The van der Waals surface area contributed by atoms with Crippen molar-refractivity contribution in [2.24, 2.45) is 0 Å². The van der Waals surface area contributed by atoms with Gasteiger partial charge in [-0.15, -0.1) is 0 Å². The summed E-state index contributed by atoms with van der Waals surface area (Å²) in [6.45, 7) is 7.36. The SMILES string of the molecule is Cc1cc(C)c(C(=O)OCCN(CCC(=O)O)CCN(CCC(=O)O)CCC(=O)O)c(C)c1. The monoisotopic (exact) mass is 466 g/mol. The van der Waals surface area contributed by atoms with E-state index in [9.17, 15) is 19.2 Å². The molecule has 0 bridgehead atoms. The van der Waals surface area contributed by atoms with Gasteiger partial charge in [-0.25, -0.2) is 4.79 Å². The predicted molar refractivity (Wildman–Crippen MR) is 121 cm³/mol. The van der Waals surface area contributed by atoms with E-state index < -0.39 is 23.9 Å². The highest BCUT2D eigenvalue weighted by Gasteiger charge is 2.17. The highest BCUT2D eigenvalue weighted by atomic mass is 16.5. The second-order valence-corrected chi connectivity index (χ2v) is 8.02. The number of carboxylic acid groups (broad SMARTS) is 3. The first-order valence-corrected chi connectivity index (χ1v) is 10.8. The topological polar surface area (TPSA) is 145 Å². The average Bonchev–Trinajstić information content (AvgIpc) is 2.69. The van der Waals surface area contributed by atoms with Crippen LogP contribution in [0.15, 0.2) is 12.1 Å². The van der Waals surface area contributed by atoms with Crippen LogP contribution in [0.5, 0.6) is 0 Å². The maximum Gasteiger partial charge on any atom is 0.338 e. The Morgan fingerprint density at radius 3 is 1.48 bits per heavy atom. The van der Waals surface area contributed by atoms with Crippen LogP contribution in [-0.2, 0) is 19.1 Å². The Bertz CT molecular complexity index is 799. The Morgan fingerprint density at radius 2 is 1.09 bits per heavy atom. The second kappa shape index (κ2) is 14.2. The standard InChI is InChI=1S/C23H34N2O8/c1-16-14-17(2)22(18(3)15-16)23(32)33-13-12-25(9-6-21(30)31)11-10-24(7-4-19(26)27)8-5-20(28)29/h14-15H,4-13H2,1-3H3,(H,26,27)(H,28,29)(H,30,31). The summed E-state index contributed by atoms with van der Waals surface area (Å²) in [6, 6.07) is 3.82. The summed E-state index contributed by atoms with van der Waals surface area (Å²) >= 11 is 0. The Hall–Kier alpha value is -2.98. The number of ether oxygens (including phenoxy) is 1. The van der Waals surface area contributed by atoms with Crippen molar-refractivity contribution in [2.75, 3.05) is 45.9 Å². The van der Waals surface area contributed by atoms with Gasteiger partial charge in [0.2, 0.25) is 0 Å². The zero-order valence-corrected chi connectivity index (χ0v) is 19.5. The van der Waals surface area contributed by atoms with Gasteiger partial charge in [-0.1, -0.05) is 17.7 Å². The molecule has 0 unspecified atom stereocenters. The second-order valence-electron chi connectivity index (χ2n) is 8.02. The summed E-state index contributed by atoms with van der Waals surface area (Å²) in [5.41, 5.74) is 3.23. The zero-order chi connectivity index (χ0) is 25.0. The fourth-order valence-corrected chi connectivity index (χ4v) is 3.56. The molecule has 0 aliphatic rings. The predicted octanol–water partition coefficient (Wildman–Crippen LogP) is 1.80. The molecule has 0 aliphatic carbocycles. The molecule has 0 atom stereocenters. The molecular weight excluding hydrogens is 432 g/mol. The van der Waals surface area contributed by atoms with Crippen molar-refractivity contribution in [2.45, 2.75) is 40.0 Å². The lowest BCUT2D eigenvalue weighted by Gasteiger charge is -2.27. The molecule has 1 aromatic rings. The first-order valence-electron chi connectivity index (χ1n) is 10.8. The fraction of sp³-hybridized carbons (Fsp3) is 0.565. The normalized spacial score (nSPS) is 11.1. The van der Waals surface area contributed by atoms with Crippen molar-refractivity contribution in [1.82, 2.24) is 9.80 Å². The summed E-state index contributed by atoms with van der Waals surface area (Å²) < 4.78 is 5.43. The Labute approximate surface area is 193 Å². The summed E-state index contributed by atoms with van der Waals surface area (Å²) in [6.07, 6.45) is -0.350. The van der Waals surface area contributed by atoms with Gasteiger partial charge in [0, 0.05) is 39.3 Å². The number of esters is 1. The molecular formula is C23H34N2O8. The van der Waals surface area contributed by atoms with Crippen LogP contribution in [0.3, 0.4) is 0 Å². The molecule has 184 valence electrons. The minimum Gasteiger partial charge on any atom is -0.481 e. The van der Waals surface area contributed by atoms with Crippen molar-refractivity contribution >= 4 is 23.9 Å². The molecule has 10 heteroatoms. The maximum atomic E-state index is 12.6. The van der Waals surface area contributed by atoms with Gasteiger partial charge in [0.05, 0.1) is 24.8 Å². The zero-order valence-electron chi connectivity index (χ0n) is 19.5. The van der Waals surface area contributed by atoms with E-state index in [0.29, 0.717) is 25.2 Å². The first-order chi connectivity index (χ1) is 15.5. The van der Waals surface area contributed by atoms with Gasteiger partial charge in [-0.3, -0.25) is 19.3 Å². The molecule has 0 saturated heterocycles. The van der Waals surface area contributed by atoms with Gasteiger partial charge in [0.15, 0.2) is 0 Å².